The molecular weight excluding hydrogens is 450 g/mol. The van der Waals surface area contributed by atoms with Gasteiger partial charge in [-0.2, -0.15) is 5.26 Å². The topological polar surface area (TPSA) is 109 Å². The van der Waals surface area contributed by atoms with Crippen LogP contribution in [0.4, 0.5) is 11.5 Å². The van der Waals surface area contributed by atoms with E-state index in [0.29, 0.717) is 31.9 Å². The van der Waals surface area contributed by atoms with Crippen LogP contribution in [0.2, 0.25) is 0 Å². The number of nitrogens with zero attached hydrogens (tertiary/aromatic N) is 3. The van der Waals surface area contributed by atoms with Crippen LogP contribution in [-0.2, 0) is 0 Å². The third-order valence-corrected chi connectivity index (χ3v) is 9.12. The van der Waals surface area contributed by atoms with Gasteiger partial charge in [0.1, 0.15) is 27.2 Å². The summed E-state index contributed by atoms with van der Waals surface area (Å²) in [6.45, 7) is 0. The highest BCUT2D eigenvalue weighted by Crippen LogP contribution is 2.45. The van der Waals surface area contributed by atoms with Crippen LogP contribution in [0.5, 0.6) is 0 Å². The summed E-state index contributed by atoms with van der Waals surface area (Å²) < 4.78 is 0. The zero-order valence-electron chi connectivity index (χ0n) is 18.7. The summed E-state index contributed by atoms with van der Waals surface area (Å²) in [4.78, 5) is 22.9. The van der Waals surface area contributed by atoms with Gasteiger partial charge in [-0.3, -0.25) is 4.79 Å². The number of aromatic nitrogens is 1. The molecule has 3 heterocycles. The number of nitriles is 1. The van der Waals surface area contributed by atoms with Crippen molar-refractivity contribution in [2.45, 2.75) is 76.3 Å². The predicted octanol–water partition coefficient (Wildman–Crippen LogP) is 6.17. The molecule has 3 aromatic heterocycles. The Morgan fingerprint density at radius 3 is 2.24 bits per heavy atom. The molecule has 3 aromatic rings. The lowest BCUT2D eigenvalue weighted by atomic mass is 9.88. The van der Waals surface area contributed by atoms with Gasteiger partial charge in [-0.1, -0.05) is 44.6 Å². The van der Waals surface area contributed by atoms with Crippen LogP contribution in [-0.4, -0.2) is 27.9 Å². The zero-order chi connectivity index (χ0) is 22.9. The van der Waals surface area contributed by atoms with Gasteiger partial charge in [0.05, 0.1) is 5.69 Å². The zero-order valence-corrected chi connectivity index (χ0v) is 20.3. The Kier molecular flexibility index (Phi) is 6.26. The van der Waals surface area contributed by atoms with Crippen molar-refractivity contribution in [1.82, 2.24) is 9.88 Å². The van der Waals surface area contributed by atoms with Crippen molar-refractivity contribution >= 4 is 50.3 Å². The quantitative estimate of drug-likeness (QED) is 0.465. The van der Waals surface area contributed by atoms with E-state index in [9.17, 15) is 10.1 Å². The number of pyridine rings is 1. The number of nitrogens with two attached hydrogens (primary N) is 2. The lowest BCUT2D eigenvalue weighted by Gasteiger charge is -2.41. The first-order valence-corrected chi connectivity index (χ1v) is 13.6. The Morgan fingerprint density at radius 2 is 1.70 bits per heavy atom. The first-order valence-electron chi connectivity index (χ1n) is 11.9. The van der Waals surface area contributed by atoms with E-state index in [1.54, 1.807) is 0 Å². The van der Waals surface area contributed by atoms with Crippen molar-refractivity contribution in [3.05, 3.63) is 28.0 Å². The lowest BCUT2D eigenvalue weighted by molar-refractivity contribution is 0.0454. The third-order valence-electron chi connectivity index (χ3n) is 7.15. The molecule has 0 unspecified atom stereocenters. The summed E-state index contributed by atoms with van der Waals surface area (Å²) >= 11 is 2.85. The maximum atomic E-state index is 14.1. The molecule has 2 saturated carbocycles. The number of carbonyl (C=O) groups is 1. The molecule has 1 amide bonds. The third kappa shape index (κ3) is 3.98. The molecule has 6 nitrogen and oxygen atoms in total. The van der Waals surface area contributed by atoms with Crippen LogP contribution >= 0.6 is 22.7 Å². The van der Waals surface area contributed by atoms with Crippen molar-refractivity contribution < 1.29 is 4.79 Å². The van der Waals surface area contributed by atoms with Crippen LogP contribution in [0.3, 0.4) is 0 Å². The maximum absolute atomic E-state index is 14.1. The monoisotopic (exact) mass is 479 g/mol. The summed E-state index contributed by atoms with van der Waals surface area (Å²) in [5, 5.41) is 12.5. The SMILES string of the molecule is N#Cc1c(N)nc2sc(C(=O)N(C3CCCCC3)C3CCCCC3)c(N)c2c1-c1cccs1. The van der Waals surface area contributed by atoms with E-state index >= 15 is 0 Å². The number of nitrogen functional groups attached to an aromatic ring is 2. The van der Waals surface area contributed by atoms with E-state index in [4.69, 9.17) is 11.5 Å². The highest BCUT2D eigenvalue weighted by atomic mass is 32.1. The number of fused-ring (bicyclic) bond motifs is 1. The van der Waals surface area contributed by atoms with E-state index in [1.165, 1.54) is 61.2 Å². The molecule has 0 radical (unpaired) electrons. The van der Waals surface area contributed by atoms with Crippen LogP contribution in [0.25, 0.3) is 20.7 Å². The highest BCUT2D eigenvalue weighted by Gasteiger charge is 2.35. The van der Waals surface area contributed by atoms with Crippen molar-refractivity contribution in [2.75, 3.05) is 11.5 Å². The van der Waals surface area contributed by atoms with Gasteiger partial charge < -0.3 is 16.4 Å². The van der Waals surface area contributed by atoms with Gasteiger partial charge in [0.25, 0.3) is 5.91 Å². The van der Waals surface area contributed by atoms with E-state index in [2.05, 4.69) is 16.0 Å². The second kappa shape index (κ2) is 9.32. The Morgan fingerprint density at radius 1 is 1.06 bits per heavy atom. The minimum Gasteiger partial charge on any atom is -0.397 e. The number of hydrogen-bond donors (Lipinski definition) is 2. The summed E-state index contributed by atoms with van der Waals surface area (Å²) in [6, 6.07) is 6.66. The average molecular weight is 480 g/mol. The first-order chi connectivity index (χ1) is 16.1. The van der Waals surface area contributed by atoms with Crippen molar-refractivity contribution in [2.24, 2.45) is 0 Å². The standard InChI is InChI=1S/C25H29N5OS2/c26-14-17-19(18-12-7-13-32-18)20-21(27)22(33-24(20)29-23(17)28)25(31)30(15-8-3-1-4-9-15)16-10-5-2-6-11-16/h7,12-13,15-16H,1-6,8-11,27H2,(H2,28,29). The van der Waals surface area contributed by atoms with Crippen molar-refractivity contribution in [3.63, 3.8) is 0 Å². The molecule has 0 saturated heterocycles. The molecule has 172 valence electrons. The Balaban J connectivity index is 1.64. The molecule has 2 aliphatic carbocycles. The van der Waals surface area contributed by atoms with E-state index in [0.717, 1.165) is 30.6 Å². The molecule has 0 aliphatic heterocycles. The molecule has 5 rings (SSSR count). The van der Waals surface area contributed by atoms with E-state index in [1.807, 2.05) is 17.5 Å². The summed E-state index contributed by atoms with van der Waals surface area (Å²) in [6.07, 6.45) is 11.5. The Bertz CT molecular complexity index is 1180. The minimum atomic E-state index is 0.0310. The number of thiophene rings is 2. The Labute approximate surface area is 202 Å². The molecule has 4 N–H and O–H groups in total. The van der Waals surface area contributed by atoms with Gasteiger partial charge >= 0.3 is 0 Å². The first kappa shape index (κ1) is 22.2. The second-order valence-electron chi connectivity index (χ2n) is 9.16. The molecule has 2 aliphatic rings. The van der Waals surface area contributed by atoms with Gasteiger partial charge in [-0.05, 0) is 37.1 Å². The molecule has 33 heavy (non-hydrogen) atoms. The van der Waals surface area contributed by atoms with Gasteiger partial charge in [0, 0.05) is 27.9 Å². The highest BCUT2D eigenvalue weighted by molar-refractivity contribution is 7.21. The van der Waals surface area contributed by atoms with E-state index in [-0.39, 0.29) is 23.8 Å². The van der Waals surface area contributed by atoms with Crippen LogP contribution in [0.1, 0.15) is 79.4 Å². The van der Waals surface area contributed by atoms with Crippen molar-refractivity contribution in [3.8, 4) is 16.5 Å². The van der Waals surface area contributed by atoms with Gasteiger partial charge in [-0.25, -0.2) is 4.98 Å². The normalized spacial score (nSPS) is 17.8. The summed E-state index contributed by atoms with van der Waals surface area (Å²) in [5.41, 5.74) is 14.3. The smallest absolute Gasteiger partial charge is 0.266 e. The molecular formula is C25H29N5OS2. The van der Waals surface area contributed by atoms with Gasteiger partial charge in [0.2, 0.25) is 0 Å². The molecule has 0 bridgehead atoms. The number of anilines is 2. The minimum absolute atomic E-state index is 0.0310. The average Bonchev–Trinajstić information content (AvgIpc) is 3.48. The van der Waals surface area contributed by atoms with Crippen molar-refractivity contribution in [1.29, 1.82) is 5.26 Å². The van der Waals surface area contributed by atoms with Crippen LogP contribution in [0.15, 0.2) is 17.5 Å². The van der Waals surface area contributed by atoms with Crippen LogP contribution < -0.4 is 11.5 Å². The molecule has 2 fully saturated rings. The fourth-order valence-corrected chi connectivity index (χ4v) is 7.41. The number of hydrogen-bond acceptors (Lipinski definition) is 7. The largest absolute Gasteiger partial charge is 0.397 e. The predicted molar refractivity (Wildman–Crippen MR) is 136 cm³/mol. The fourth-order valence-electron chi connectivity index (χ4n) is 5.57. The van der Waals surface area contributed by atoms with Crippen LogP contribution in [0, 0.1) is 11.3 Å². The molecule has 0 spiro atoms. The second-order valence-corrected chi connectivity index (χ2v) is 11.1. The summed E-state index contributed by atoms with van der Waals surface area (Å²) in [5.74, 6) is 0.216. The number of carbonyl (C=O) groups excluding carboxylic acids is 1. The number of rotatable bonds is 4. The lowest BCUT2D eigenvalue weighted by Crippen LogP contribution is -2.48. The number of amides is 1. The molecule has 8 heteroatoms. The van der Waals surface area contributed by atoms with E-state index < -0.39 is 0 Å². The molecule has 0 aromatic carbocycles. The van der Waals surface area contributed by atoms with Gasteiger partial charge in [0.15, 0.2) is 0 Å². The van der Waals surface area contributed by atoms with Gasteiger partial charge in [-0.15, -0.1) is 22.7 Å². The Hall–Kier alpha value is -2.63. The fraction of sp³-hybridized carbons (Fsp3) is 0.480. The molecule has 0 atom stereocenters. The summed E-state index contributed by atoms with van der Waals surface area (Å²) in [7, 11) is 0. The maximum Gasteiger partial charge on any atom is 0.266 e.